The number of alkyl halides is 3. The number of hydrogen-bond donors (Lipinski definition) is 0. The molecule has 2 nitrogen and oxygen atoms in total. The van der Waals surface area contributed by atoms with Gasteiger partial charge in [-0.3, -0.25) is 0 Å². The maximum atomic E-state index is 13.3. The largest absolute Gasteiger partial charge is 0.467 e. The summed E-state index contributed by atoms with van der Waals surface area (Å²) in [5.41, 5.74) is 2.29. The van der Waals surface area contributed by atoms with Gasteiger partial charge < -0.3 is 4.74 Å². The third-order valence-electron chi connectivity index (χ3n) is 4.69. The van der Waals surface area contributed by atoms with Gasteiger partial charge in [0.2, 0.25) is 5.90 Å². The van der Waals surface area contributed by atoms with Crippen molar-refractivity contribution >= 4 is 18.0 Å². The van der Waals surface area contributed by atoms with Gasteiger partial charge in [-0.15, -0.1) is 0 Å². The van der Waals surface area contributed by atoms with Gasteiger partial charge in [-0.2, -0.15) is 13.2 Å². The van der Waals surface area contributed by atoms with E-state index in [0.717, 1.165) is 22.8 Å². The molecule has 0 aliphatic carbocycles. The normalized spacial score (nSPS) is 16.7. The lowest BCUT2D eigenvalue weighted by Gasteiger charge is -2.17. The van der Waals surface area contributed by atoms with Gasteiger partial charge in [-0.1, -0.05) is 72.8 Å². The predicted octanol–water partition coefficient (Wildman–Crippen LogP) is 6.39. The number of aliphatic imine (C=N–C) groups is 1. The van der Waals surface area contributed by atoms with E-state index >= 15 is 0 Å². The maximum absolute atomic E-state index is 13.3. The van der Waals surface area contributed by atoms with E-state index in [9.17, 15) is 13.2 Å². The van der Waals surface area contributed by atoms with Crippen LogP contribution in [0.3, 0.4) is 0 Å². The van der Waals surface area contributed by atoms with Crippen molar-refractivity contribution in [1.29, 1.82) is 0 Å². The molecule has 1 atom stereocenters. The summed E-state index contributed by atoms with van der Waals surface area (Å²) in [6, 6.07) is 23.0. The van der Waals surface area contributed by atoms with Crippen LogP contribution in [0, 0.1) is 0 Å². The minimum Gasteiger partial charge on any atom is -0.467 e. The van der Waals surface area contributed by atoms with E-state index in [1.54, 1.807) is 6.07 Å². The number of rotatable bonds is 4. The van der Waals surface area contributed by atoms with E-state index in [1.807, 2.05) is 66.7 Å². The minimum atomic E-state index is -4.42. The molecule has 1 aliphatic rings. The van der Waals surface area contributed by atoms with Gasteiger partial charge in [-0.25, -0.2) is 4.99 Å². The van der Waals surface area contributed by atoms with Gasteiger partial charge in [0.1, 0.15) is 6.10 Å². The summed E-state index contributed by atoms with van der Waals surface area (Å²) >= 11 is 0. The summed E-state index contributed by atoms with van der Waals surface area (Å²) in [4.78, 5) is 4.32. The molecule has 1 unspecified atom stereocenters. The van der Waals surface area contributed by atoms with Crippen LogP contribution >= 0.6 is 0 Å². The van der Waals surface area contributed by atoms with Crippen LogP contribution in [0.25, 0.3) is 12.2 Å². The van der Waals surface area contributed by atoms with Crippen molar-refractivity contribution < 1.29 is 17.9 Å². The van der Waals surface area contributed by atoms with E-state index in [0.29, 0.717) is 5.90 Å². The van der Waals surface area contributed by atoms with Gasteiger partial charge in [0.25, 0.3) is 0 Å². The van der Waals surface area contributed by atoms with E-state index in [-0.39, 0.29) is 12.1 Å². The van der Waals surface area contributed by atoms with Gasteiger partial charge in [-0.05, 0) is 29.3 Å². The highest BCUT2D eigenvalue weighted by atomic mass is 19.4. The highest BCUT2D eigenvalue weighted by molar-refractivity contribution is 5.95. The molecule has 0 N–H and O–H groups in total. The maximum Gasteiger partial charge on any atom is 0.416 e. The molecular weight excluding hydrogens is 375 g/mol. The molecule has 5 heteroatoms. The van der Waals surface area contributed by atoms with E-state index in [2.05, 4.69) is 4.99 Å². The SMILES string of the molecule is FC(F)(F)c1ccccc1C1CN=C(c2ccc(/C=C/c3ccccc3)cc2)O1. The van der Waals surface area contributed by atoms with Gasteiger partial charge >= 0.3 is 6.18 Å². The first kappa shape index (κ1) is 19.0. The second kappa shape index (κ2) is 7.95. The van der Waals surface area contributed by atoms with Crippen molar-refractivity contribution in [3.05, 3.63) is 107 Å². The molecule has 0 fully saturated rings. The zero-order chi connectivity index (χ0) is 20.3. The van der Waals surface area contributed by atoms with Crippen LogP contribution in [-0.4, -0.2) is 12.4 Å². The summed E-state index contributed by atoms with van der Waals surface area (Å²) in [6.45, 7) is 0.165. The molecule has 0 aromatic heterocycles. The summed E-state index contributed by atoms with van der Waals surface area (Å²) in [5, 5.41) is 0. The lowest BCUT2D eigenvalue weighted by Crippen LogP contribution is -2.14. The van der Waals surface area contributed by atoms with Gasteiger partial charge in [0.15, 0.2) is 0 Å². The zero-order valence-corrected chi connectivity index (χ0v) is 15.4. The molecule has 0 saturated carbocycles. The lowest BCUT2D eigenvalue weighted by molar-refractivity contribution is -0.139. The summed E-state index contributed by atoms with van der Waals surface area (Å²) in [5.74, 6) is 0.366. The first-order chi connectivity index (χ1) is 14.0. The van der Waals surface area contributed by atoms with Crippen LogP contribution in [0.1, 0.15) is 33.9 Å². The summed E-state index contributed by atoms with van der Waals surface area (Å²) < 4.78 is 45.6. The average Bonchev–Trinajstić information content (AvgIpc) is 3.23. The first-order valence-corrected chi connectivity index (χ1v) is 9.21. The van der Waals surface area contributed by atoms with E-state index in [1.165, 1.54) is 12.1 Å². The molecule has 0 saturated heterocycles. The Morgan fingerprint density at radius 2 is 1.41 bits per heavy atom. The van der Waals surface area contributed by atoms with Crippen LogP contribution in [0.4, 0.5) is 13.2 Å². The molecule has 0 radical (unpaired) electrons. The Labute approximate surface area is 167 Å². The molecule has 146 valence electrons. The van der Waals surface area contributed by atoms with Crippen molar-refractivity contribution in [2.45, 2.75) is 12.3 Å². The standard InChI is InChI=1S/C24H18F3NO/c25-24(26,27)21-9-5-4-8-20(21)22-16-28-23(29-22)19-14-12-18(13-15-19)11-10-17-6-2-1-3-7-17/h1-15,22H,16H2/b11-10+. The molecule has 29 heavy (non-hydrogen) atoms. The number of benzene rings is 3. The third-order valence-corrected chi connectivity index (χ3v) is 4.69. The molecule has 3 aromatic rings. The molecule has 1 heterocycles. The zero-order valence-electron chi connectivity index (χ0n) is 15.4. The minimum absolute atomic E-state index is 0.112. The topological polar surface area (TPSA) is 21.6 Å². The fourth-order valence-electron chi connectivity index (χ4n) is 3.23. The molecule has 3 aromatic carbocycles. The Hall–Kier alpha value is -3.34. The summed E-state index contributed by atoms with van der Waals surface area (Å²) in [6.07, 6.45) is -1.14. The van der Waals surface area contributed by atoms with E-state index < -0.39 is 17.8 Å². The predicted molar refractivity (Wildman–Crippen MR) is 108 cm³/mol. The monoisotopic (exact) mass is 393 g/mol. The number of hydrogen-bond acceptors (Lipinski definition) is 2. The van der Waals surface area contributed by atoms with Crippen molar-refractivity contribution in [2.75, 3.05) is 6.54 Å². The molecule has 1 aliphatic heterocycles. The summed E-state index contributed by atoms with van der Waals surface area (Å²) in [7, 11) is 0. The quantitative estimate of drug-likeness (QED) is 0.471. The molecule has 0 spiro atoms. The average molecular weight is 393 g/mol. The molecule has 4 rings (SSSR count). The fraction of sp³-hybridized carbons (Fsp3) is 0.125. The molecular formula is C24H18F3NO. The van der Waals surface area contributed by atoms with Crippen LogP contribution in [0.5, 0.6) is 0 Å². The third kappa shape index (κ3) is 4.40. The van der Waals surface area contributed by atoms with Crippen molar-refractivity contribution in [2.24, 2.45) is 4.99 Å². The van der Waals surface area contributed by atoms with Crippen LogP contribution < -0.4 is 0 Å². The molecule has 0 bridgehead atoms. The number of ether oxygens (including phenoxy) is 1. The number of nitrogens with zero attached hydrogens (tertiary/aromatic N) is 1. The lowest BCUT2D eigenvalue weighted by atomic mass is 10.0. The van der Waals surface area contributed by atoms with E-state index in [4.69, 9.17) is 4.74 Å². The van der Waals surface area contributed by atoms with Crippen LogP contribution in [0.2, 0.25) is 0 Å². The molecule has 0 amide bonds. The highest BCUT2D eigenvalue weighted by Crippen LogP contribution is 2.37. The highest BCUT2D eigenvalue weighted by Gasteiger charge is 2.36. The smallest absolute Gasteiger partial charge is 0.416 e. The van der Waals surface area contributed by atoms with Gasteiger partial charge in [0.05, 0.1) is 12.1 Å². The van der Waals surface area contributed by atoms with Crippen LogP contribution in [-0.2, 0) is 10.9 Å². The van der Waals surface area contributed by atoms with Gasteiger partial charge in [0, 0.05) is 11.1 Å². The second-order valence-corrected chi connectivity index (χ2v) is 6.70. The fourth-order valence-corrected chi connectivity index (χ4v) is 3.23. The Kier molecular flexibility index (Phi) is 5.21. The Balaban J connectivity index is 1.47. The second-order valence-electron chi connectivity index (χ2n) is 6.70. The Bertz CT molecular complexity index is 1040. The van der Waals surface area contributed by atoms with Crippen LogP contribution in [0.15, 0.2) is 83.9 Å². The Morgan fingerprint density at radius 1 is 0.793 bits per heavy atom. The van der Waals surface area contributed by atoms with Crippen molar-refractivity contribution in [1.82, 2.24) is 0 Å². The Morgan fingerprint density at radius 3 is 2.10 bits per heavy atom. The van der Waals surface area contributed by atoms with Crippen molar-refractivity contribution in [3.63, 3.8) is 0 Å². The number of halogens is 3. The van der Waals surface area contributed by atoms with Crippen molar-refractivity contribution in [3.8, 4) is 0 Å². The first-order valence-electron chi connectivity index (χ1n) is 9.21.